The fourth-order valence-corrected chi connectivity index (χ4v) is 3.18. The SMILES string of the molecule is N#Cc1cccc(COc2cc3n(n2)CCN(C(=O)c2cccc(F)c2)C3)c1. The molecular weight excluding hydrogens is 359 g/mol. The van der Waals surface area contributed by atoms with Crippen molar-refractivity contribution in [3.63, 3.8) is 0 Å². The molecule has 0 N–H and O–H groups in total. The summed E-state index contributed by atoms with van der Waals surface area (Å²) in [6.07, 6.45) is 0. The molecule has 0 atom stereocenters. The van der Waals surface area contributed by atoms with Crippen LogP contribution in [0.2, 0.25) is 0 Å². The van der Waals surface area contributed by atoms with Crippen molar-refractivity contribution in [3.05, 3.63) is 82.8 Å². The van der Waals surface area contributed by atoms with E-state index in [0.29, 0.717) is 43.2 Å². The van der Waals surface area contributed by atoms with E-state index in [-0.39, 0.29) is 5.91 Å². The van der Waals surface area contributed by atoms with Gasteiger partial charge in [0.05, 0.1) is 30.4 Å². The minimum absolute atomic E-state index is 0.206. The van der Waals surface area contributed by atoms with Gasteiger partial charge in [-0.3, -0.25) is 9.48 Å². The van der Waals surface area contributed by atoms with Gasteiger partial charge in [0.1, 0.15) is 12.4 Å². The molecule has 0 saturated carbocycles. The van der Waals surface area contributed by atoms with Crippen molar-refractivity contribution in [2.45, 2.75) is 19.7 Å². The molecule has 4 rings (SSSR count). The van der Waals surface area contributed by atoms with Gasteiger partial charge < -0.3 is 9.64 Å². The van der Waals surface area contributed by atoms with E-state index >= 15 is 0 Å². The minimum Gasteiger partial charge on any atom is -0.472 e. The van der Waals surface area contributed by atoms with E-state index in [4.69, 9.17) is 10.00 Å². The Balaban J connectivity index is 1.43. The summed E-state index contributed by atoms with van der Waals surface area (Å²) < 4.78 is 21.0. The average molecular weight is 376 g/mol. The summed E-state index contributed by atoms with van der Waals surface area (Å²) in [5, 5.41) is 13.4. The summed E-state index contributed by atoms with van der Waals surface area (Å²) in [5.41, 5.74) is 2.66. The summed E-state index contributed by atoms with van der Waals surface area (Å²) in [5.74, 6) is -0.163. The van der Waals surface area contributed by atoms with Gasteiger partial charge in [-0.15, -0.1) is 5.10 Å². The number of benzene rings is 2. The molecule has 0 aliphatic carbocycles. The number of aromatic nitrogens is 2. The van der Waals surface area contributed by atoms with Crippen molar-refractivity contribution in [1.29, 1.82) is 5.26 Å². The minimum atomic E-state index is -0.427. The monoisotopic (exact) mass is 376 g/mol. The van der Waals surface area contributed by atoms with Crippen LogP contribution in [-0.2, 0) is 19.7 Å². The van der Waals surface area contributed by atoms with Gasteiger partial charge in [0.2, 0.25) is 5.88 Å². The molecule has 2 aromatic carbocycles. The number of hydrogen-bond acceptors (Lipinski definition) is 4. The summed E-state index contributed by atoms with van der Waals surface area (Å²) in [4.78, 5) is 14.3. The van der Waals surface area contributed by atoms with Crippen LogP contribution in [0.5, 0.6) is 5.88 Å². The van der Waals surface area contributed by atoms with E-state index in [0.717, 1.165) is 11.3 Å². The van der Waals surface area contributed by atoms with Crippen LogP contribution in [0.15, 0.2) is 54.6 Å². The van der Waals surface area contributed by atoms with Crippen molar-refractivity contribution >= 4 is 5.91 Å². The molecule has 28 heavy (non-hydrogen) atoms. The van der Waals surface area contributed by atoms with Crippen LogP contribution in [0.1, 0.15) is 27.2 Å². The van der Waals surface area contributed by atoms with Crippen LogP contribution in [-0.4, -0.2) is 27.1 Å². The Morgan fingerprint density at radius 2 is 2.04 bits per heavy atom. The number of carbonyl (C=O) groups excluding carboxylic acids is 1. The number of amides is 1. The van der Waals surface area contributed by atoms with Crippen molar-refractivity contribution in [3.8, 4) is 11.9 Å². The summed E-state index contributed by atoms with van der Waals surface area (Å²) in [6, 6.07) is 16.8. The van der Waals surface area contributed by atoms with E-state index in [9.17, 15) is 9.18 Å². The van der Waals surface area contributed by atoms with Crippen LogP contribution in [0.4, 0.5) is 4.39 Å². The highest BCUT2D eigenvalue weighted by Crippen LogP contribution is 2.21. The van der Waals surface area contributed by atoms with Crippen LogP contribution < -0.4 is 4.74 Å². The van der Waals surface area contributed by atoms with Crippen LogP contribution in [0, 0.1) is 17.1 Å². The lowest BCUT2D eigenvalue weighted by Crippen LogP contribution is -2.38. The Kier molecular flexibility index (Phi) is 4.77. The zero-order chi connectivity index (χ0) is 19.5. The Labute approximate surface area is 161 Å². The zero-order valence-electron chi connectivity index (χ0n) is 15.0. The first-order valence-corrected chi connectivity index (χ1v) is 8.86. The molecular formula is C21H17FN4O2. The summed E-state index contributed by atoms with van der Waals surface area (Å²) >= 11 is 0. The third-order valence-corrected chi connectivity index (χ3v) is 4.58. The Morgan fingerprint density at radius 1 is 1.18 bits per heavy atom. The number of halogens is 1. The van der Waals surface area contributed by atoms with E-state index in [1.54, 1.807) is 29.2 Å². The predicted octanol–water partition coefficient (Wildman–Crippen LogP) is 3.13. The smallest absolute Gasteiger partial charge is 0.254 e. The van der Waals surface area contributed by atoms with Crippen molar-refractivity contribution in [2.75, 3.05) is 6.54 Å². The van der Waals surface area contributed by atoms with E-state index < -0.39 is 5.82 Å². The molecule has 1 amide bonds. The predicted molar refractivity (Wildman–Crippen MR) is 98.9 cm³/mol. The molecule has 1 aromatic heterocycles. The molecule has 3 aromatic rings. The van der Waals surface area contributed by atoms with Crippen molar-refractivity contribution in [1.82, 2.24) is 14.7 Å². The Bertz CT molecular complexity index is 1070. The number of nitrogens with zero attached hydrogens (tertiary/aromatic N) is 4. The lowest BCUT2D eigenvalue weighted by Gasteiger charge is -2.27. The molecule has 0 unspecified atom stereocenters. The quantitative estimate of drug-likeness (QED) is 0.701. The molecule has 2 heterocycles. The van der Waals surface area contributed by atoms with Gasteiger partial charge in [-0.05, 0) is 35.9 Å². The third-order valence-electron chi connectivity index (χ3n) is 4.58. The highest BCUT2D eigenvalue weighted by Gasteiger charge is 2.24. The number of rotatable bonds is 4. The maximum atomic E-state index is 13.4. The molecule has 1 aliphatic rings. The topological polar surface area (TPSA) is 71.2 Å². The fourth-order valence-electron chi connectivity index (χ4n) is 3.18. The maximum Gasteiger partial charge on any atom is 0.254 e. The zero-order valence-corrected chi connectivity index (χ0v) is 15.0. The lowest BCUT2D eigenvalue weighted by molar-refractivity contribution is 0.0705. The lowest BCUT2D eigenvalue weighted by atomic mass is 10.1. The molecule has 0 saturated heterocycles. The van der Waals surface area contributed by atoms with Gasteiger partial charge >= 0.3 is 0 Å². The second-order valence-corrected chi connectivity index (χ2v) is 6.53. The number of fused-ring (bicyclic) bond motifs is 1. The van der Waals surface area contributed by atoms with Gasteiger partial charge in [-0.25, -0.2) is 4.39 Å². The highest BCUT2D eigenvalue weighted by atomic mass is 19.1. The van der Waals surface area contributed by atoms with Crippen molar-refractivity contribution in [2.24, 2.45) is 0 Å². The maximum absolute atomic E-state index is 13.4. The Morgan fingerprint density at radius 3 is 2.86 bits per heavy atom. The van der Waals surface area contributed by atoms with Gasteiger partial charge in [-0.2, -0.15) is 5.26 Å². The largest absolute Gasteiger partial charge is 0.472 e. The van der Waals surface area contributed by atoms with E-state index in [1.807, 2.05) is 16.8 Å². The average Bonchev–Trinajstić information content (AvgIpc) is 3.14. The molecule has 140 valence electrons. The number of nitriles is 1. The fraction of sp³-hybridized carbons (Fsp3) is 0.190. The number of ether oxygens (including phenoxy) is 1. The molecule has 6 nitrogen and oxygen atoms in total. The molecule has 0 spiro atoms. The number of hydrogen-bond donors (Lipinski definition) is 0. The first-order valence-electron chi connectivity index (χ1n) is 8.86. The third kappa shape index (κ3) is 3.71. The molecule has 0 radical (unpaired) electrons. The number of carbonyl (C=O) groups is 1. The van der Waals surface area contributed by atoms with Crippen LogP contribution in [0.3, 0.4) is 0 Å². The normalized spacial score (nSPS) is 12.9. The second-order valence-electron chi connectivity index (χ2n) is 6.53. The molecule has 1 aliphatic heterocycles. The van der Waals surface area contributed by atoms with Gasteiger partial charge in [0.25, 0.3) is 5.91 Å². The molecule has 7 heteroatoms. The van der Waals surface area contributed by atoms with Gasteiger partial charge in [0.15, 0.2) is 0 Å². The highest BCUT2D eigenvalue weighted by molar-refractivity contribution is 5.94. The van der Waals surface area contributed by atoms with Crippen LogP contribution in [0.25, 0.3) is 0 Å². The molecule has 0 fully saturated rings. The standard InChI is InChI=1S/C21H17FN4O2/c22-18-6-2-5-17(10-18)21(27)25-7-8-26-19(13-25)11-20(24-26)28-14-16-4-1-3-15(9-16)12-23/h1-6,9-11H,7-8,13-14H2. The van der Waals surface area contributed by atoms with E-state index in [2.05, 4.69) is 11.2 Å². The first-order chi connectivity index (χ1) is 13.6. The summed E-state index contributed by atoms with van der Waals surface area (Å²) in [6.45, 7) is 1.73. The van der Waals surface area contributed by atoms with Gasteiger partial charge in [-0.1, -0.05) is 18.2 Å². The second kappa shape index (κ2) is 7.53. The molecule has 0 bridgehead atoms. The first kappa shape index (κ1) is 17.7. The van der Waals surface area contributed by atoms with Gasteiger partial charge in [0, 0.05) is 18.2 Å². The van der Waals surface area contributed by atoms with E-state index in [1.165, 1.54) is 18.2 Å². The Hall–Kier alpha value is -3.66. The van der Waals surface area contributed by atoms with Crippen molar-refractivity contribution < 1.29 is 13.9 Å². The van der Waals surface area contributed by atoms with Crippen LogP contribution >= 0.6 is 0 Å². The summed E-state index contributed by atoms with van der Waals surface area (Å²) in [7, 11) is 0.